The van der Waals surface area contributed by atoms with Crippen LogP contribution in [0.4, 0.5) is 0 Å². The zero-order valence-electron chi connectivity index (χ0n) is 15.2. The lowest BCUT2D eigenvalue weighted by molar-refractivity contribution is 0.0526. The number of aromatic nitrogens is 4. The lowest BCUT2D eigenvalue weighted by Crippen LogP contribution is -2.12. The molecule has 136 valence electrons. The Hall–Kier alpha value is -3.18. The van der Waals surface area contributed by atoms with Crippen LogP contribution in [-0.2, 0) is 17.8 Å². The zero-order chi connectivity index (χ0) is 18.5. The highest BCUT2D eigenvalue weighted by Gasteiger charge is 2.14. The summed E-state index contributed by atoms with van der Waals surface area (Å²) >= 11 is 0. The van der Waals surface area contributed by atoms with Crippen molar-refractivity contribution in [3.05, 3.63) is 90.6 Å². The zero-order valence-corrected chi connectivity index (χ0v) is 15.2. The van der Waals surface area contributed by atoms with E-state index in [4.69, 9.17) is 9.84 Å². The number of H-pyrrole nitrogens is 1. The molecule has 4 aromatic rings. The van der Waals surface area contributed by atoms with Crippen molar-refractivity contribution >= 4 is 0 Å². The Bertz CT molecular complexity index is 962. The summed E-state index contributed by atoms with van der Waals surface area (Å²) in [5, 5.41) is 4.82. The number of aromatic amines is 1. The van der Waals surface area contributed by atoms with Crippen LogP contribution in [0.2, 0.25) is 0 Å². The molecule has 0 saturated carbocycles. The number of ether oxygens (including phenoxy) is 1. The lowest BCUT2D eigenvalue weighted by Gasteiger charge is -2.11. The van der Waals surface area contributed by atoms with Crippen LogP contribution in [0.25, 0.3) is 16.9 Å². The standard InChI is InChI=1S/C22H22N4O/c1-17(14-21-23-12-13-24-21)27-16-19-15-26(20-10-6-3-7-11-20)25-22(19)18-8-4-2-5-9-18/h2-13,15,17H,14,16H2,1H3,(H,23,24)/t17-/m1/s1. The number of rotatable bonds is 7. The summed E-state index contributed by atoms with van der Waals surface area (Å²) in [5.74, 6) is 0.936. The minimum absolute atomic E-state index is 0.0554. The molecule has 0 saturated heterocycles. The Morgan fingerprint density at radius 2 is 1.78 bits per heavy atom. The smallest absolute Gasteiger partial charge is 0.108 e. The van der Waals surface area contributed by atoms with E-state index in [1.807, 2.05) is 59.4 Å². The molecule has 2 aromatic carbocycles. The van der Waals surface area contributed by atoms with Gasteiger partial charge in [0, 0.05) is 36.1 Å². The summed E-state index contributed by atoms with van der Waals surface area (Å²) in [7, 11) is 0. The quantitative estimate of drug-likeness (QED) is 0.532. The number of benzene rings is 2. The van der Waals surface area contributed by atoms with Crippen molar-refractivity contribution in [3.63, 3.8) is 0 Å². The van der Waals surface area contributed by atoms with E-state index in [1.54, 1.807) is 6.20 Å². The number of nitrogens with zero attached hydrogens (tertiary/aromatic N) is 3. The SMILES string of the molecule is C[C@H](Cc1ncc[nH]1)OCc1cn(-c2ccccc2)nc1-c1ccccc1. The number of hydrogen-bond acceptors (Lipinski definition) is 3. The summed E-state index contributed by atoms with van der Waals surface area (Å²) in [6.07, 6.45) is 6.45. The minimum atomic E-state index is 0.0554. The van der Waals surface area contributed by atoms with Gasteiger partial charge in [-0.15, -0.1) is 0 Å². The molecule has 0 aliphatic heterocycles. The molecule has 0 aliphatic rings. The first-order chi connectivity index (χ1) is 13.3. The summed E-state index contributed by atoms with van der Waals surface area (Å²) in [4.78, 5) is 7.39. The molecule has 0 aliphatic carbocycles. The van der Waals surface area contributed by atoms with Gasteiger partial charge in [-0.2, -0.15) is 5.10 Å². The maximum atomic E-state index is 6.10. The van der Waals surface area contributed by atoms with Crippen molar-refractivity contribution in [1.82, 2.24) is 19.7 Å². The van der Waals surface area contributed by atoms with Crippen LogP contribution >= 0.6 is 0 Å². The third-order valence-corrected chi connectivity index (χ3v) is 4.42. The number of para-hydroxylation sites is 1. The molecule has 5 nitrogen and oxygen atoms in total. The molecule has 0 radical (unpaired) electrons. The molecule has 0 fully saturated rings. The average molecular weight is 358 g/mol. The third kappa shape index (κ3) is 4.15. The fourth-order valence-electron chi connectivity index (χ4n) is 3.04. The van der Waals surface area contributed by atoms with Gasteiger partial charge in [0.15, 0.2) is 0 Å². The van der Waals surface area contributed by atoms with Crippen molar-refractivity contribution in [3.8, 4) is 16.9 Å². The number of nitrogens with one attached hydrogen (secondary N) is 1. The molecule has 2 aromatic heterocycles. The molecule has 0 unspecified atom stereocenters. The lowest BCUT2D eigenvalue weighted by atomic mass is 10.1. The normalized spacial score (nSPS) is 12.2. The largest absolute Gasteiger partial charge is 0.373 e. The molecule has 0 bridgehead atoms. The highest BCUT2D eigenvalue weighted by Crippen LogP contribution is 2.24. The van der Waals surface area contributed by atoms with Crippen LogP contribution in [0, 0.1) is 0 Å². The van der Waals surface area contributed by atoms with Gasteiger partial charge in [-0.3, -0.25) is 0 Å². The Morgan fingerprint density at radius 1 is 1.04 bits per heavy atom. The molecule has 2 heterocycles. The van der Waals surface area contributed by atoms with E-state index in [0.717, 1.165) is 34.8 Å². The summed E-state index contributed by atoms with van der Waals surface area (Å²) in [6, 6.07) is 20.4. The van der Waals surface area contributed by atoms with Crippen LogP contribution in [0.1, 0.15) is 18.3 Å². The third-order valence-electron chi connectivity index (χ3n) is 4.42. The van der Waals surface area contributed by atoms with E-state index in [9.17, 15) is 0 Å². The monoisotopic (exact) mass is 358 g/mol. The predicted octanol–water partition coefficient (Wildman–Crippen LogP) is 4.41. The van der Waals surface area contributed by atoms with E-state index >= 15 is 0 Å². The first-order valence-corrected chi connectivity index (χ1v) is 9.09. The summed E-state index contributed by atoms with van der Waals surface area (Å²) in [6.45, 7) is 2.56. The first kappa shape index (κ1) is 17.2. The second kappa shape index (κ2) is 8.01. The van der Waals surface area contributed by atoms with Crippen molar-refractivity contribution in [2.24, 2.45) is 0 Å². The van der Waals surface area contributed by atoms with Crippen LogP contribution in [0.15, 0.2) is 79.3 Å². The van der Waals surface area contributed by atoms with Gasteiger partial charge >= 0.3 is 0 Å². The van der Waals surface area contributed by atoms with E-state index in [2.05, 4.69) is 35.2 Å². The molecule has 1 atom stereocenters. The molecule has 0 amide bonds. The molecule has 0 spiro atoms. The fraction of sp³-hybridized carbons (Fsp3) is 0.182. The van der Waals surface area contributed by atoms with E-state index < -0.39 is 0 Å². The molecule has 4 rings (SSSR count). The van der Waals surface area contributed by atoms with Gasteiger partial charge in [0.1, 0.15) is 5.82 Å². The molecular formula is C22H22N4O. The predicted molar refractivity (Wildman–Crippen MR) is 106 cm³/mol. The molecule has 27 heavy (non-hydrogen) atoms. The van der Waals surface area contributed by atoms with Crippen LogP contribution in [0.5, 0.6) is 0 Å². The average Bonchev–Trinajstić information content (AvgIpc) is 3.37. The van der Waals surface area contributed by atoms with Crippen LogP contribution in [-0.4, -0.2) is 25.9 Å². The number of imidazole rings is 1. The molecule has 5 heteroatoms. The van der Waals surface area contributed by atoms with Crippen molar-refractivity contribution < 1.29 is 4.74 Å². The van der Waals surface area contributed by atoms with Gasteiger partial charge in [-0.25, -0.2) is 9.67 Å². The Labute approximate surface area is 158 Å². The van der Waals surface area contributed by atoms with Gasteiger partial charge in [0.05, 0.1) is 24.1 Å². The van der Waals surface area contributed by atoms with E-state index in [-0.39, 0.29) is 6.10 Å². The van der Waals surface area contributed by atoms with Crippen LogP contribution in [0.3, 0.4) is 0 Å². The second-order valence-electron chi connectivity index (χ2n) is 6.51. The fourth-order valence-corrected chi connectivity index (χ4v) is 3.04. The van der Waals surface area contributed by atoms with Crippen LogP contribution < -0.4 is 0 Å². The topological polar surface area (TPSA) is 55.7 Å². The van der Waals surface area contributed by atoms with Crippen molar-refractivity contribution in [1.29, 1.82) is 0 Å². The van der Waals surface area contributed by atoms with Gasteiger partial charge < -0.3 is 9.72 Å². The van der Waals surface area contributed by atoms with Crippen molar-refractivity contribution in [2.45, 2.75) is 26.1 Å². The van der Waals surface area contributed by atoms with Gasteiger partial charge in [0.2, 0.25) is 0 Å². The maximum absolute atomic E-state index is 6.10. The second-order valence-corrected chi connectivity index (χ2v) is 6.51. The van der Waals surface area contributed by atoms with Gasteiger partial charge in [-0.05, 0) is 19.1 Å². The van der Waals surface area contributed by atoms with E-state index in [0.29, 0.717) is 6.61 Å². The number of hydrogen-bond donors (Lipinski definition) is 1. The first-order valence-electron chi connectivity index (χ1n) is 9.09. The highest BCUT2D eigenvalue weighted by atomic mass is 16.5. The summed E-state index contributed by atoms with van der Waals surface area (Å²) in [5.41, 5.74) is 4.13. The van der Waals surface area contributed by atoms with Gasteiger partial charge in [-0.1, -0.05) is 48.5 Å². The Kier molecular flexibility index (Phi) is 5.12. The Morgan fingerprint density at radius 3 is 2.48 bits per heavy atom. The maximum Gasteiger partial charge on any atom is 0.108 e. The van der Waals surface area contributed by atoms with Crippen molar-refractivity contribution in [2.75, 3.05) is 0 Å². The summed E-state index contributed by atoms with van der Waals surface area (Å²) < 4.78 is 8.01. The molecular weight excluding hydrogens is 336 g/mol. The Balaban J connectivity index is 1.57. The van der Waals surface area contributed by atoms with E-state index in [1.165, 1.54) is 0 Å². The highest BCUT2D eigenvalue weighted by molar-refractivity contribution is 5.63. The minimum Gasteiger partial charge on any atom is -0.373 e. The molecule has 1 N–H and O–H groups in total. The van der Waals surface area contributed by atoms with Gasteiger partial charge in [0.25, 0.3) is 0 Å².